The lowest BCUT2D eigenvalue weighted by atomic mass is 9.40. The number of carbonyl (C=O) groups excluding carboxylic acids is 2. The highest BCUT2D eigenvalue weighted by Crippen LogP contribution is 2.71. The third kappa shape index (κ3) is 4.69. The van der Waals surface area contributed by atoms with E-state index in [2.05, 4.69) is 83.1 Å². The molecular weight excluding hydrogens is 661 g/mol. The zero-order chi connectivity index (χ0) is 38.5. The summed E-state index contributed by atoms with van der Waals surface area (Å²) >= 11 is 0. The van der Waals surface area contributed by atoms with Crippen molar-refractivity contribution in [3.63, 3.8) is 0 Å². The topological polar surface area (TPSA) is 101 Å². The number of fused-ring (bicyclic) bond motifs is 11. The summed E-state index contributed by atoms with van der Waals surface area (Å²) in [4.78, 5) is 27.6. The number of aliphatic hydroxyl groups excluding tert-OH is 2. The molecule has 1 aromatic carbocycles. The highest BCUT2D eigenvalue weighted by Gasteiger charge is 2.67. The van der Waals surface area contributed by atoms with Crippen LogP contribution in [-0.4, -0.2) is 49.8 Å². The van der Waals surface area contributed by atoms with Crippen LogP contribution in [-0.2, 0) is 21.4 Å². The summed E-state index contributed by atoms with van der Waals surface area (Å²) in [6.07, 6.45) is 11.4. The van der Waals surface area contributed by atoms with E-state index in [-0.39, 0.29) is 40.4 Å². The number of nitrogens with zero attached hydrogens (tertiary/aromatic N) is 1. The van der Waals surface area contributed by atoms with Gasteiger partial charge in [0.25, 0.3) is 0 Å². The molecule has 8 rings (SSSR count). The van der Waals surface area contributed by atoms with Crippen LogP contribution >= 0.6 is 0 Å². The van der Waals surface area contributed by atoms with E-state index >= 15 is 0 Å². The molecule has 4 aliphatic carbocycles. The smallest absolute Gasteiger partial charge is 0.247 e. The van der Waals surface area contributed by atoms with Gasteiger partial charge in [0.05, 0.1) is 34.5 Å². The van der Waals surface area contributed by atoms with Crippen LogP contribution in [0.1, 0.15) is 147 Å². The fraction of sp³-hybridized carbons (Fsp3) is 0.609. The van der Waals surface area contributed by atoms with E-state index in [0.29, 0.717) is 23.5 Å². The summed E-state index contributed by atoms with van der Waals surface area (Å²) in [6, 6.07) is 1.84. The van der Waals surface area contributed by atoms with Crippen molar-refractivity contribution in [2.75, 3.05) is 0 Å². The van der Waals surface area contributed by atoms with Crippen molar-refractivity contribution < 1.29 is 24.5 Å². The number of hydrogen-bond acceptors (Lipinski definition) is 5. The first-order valence-electron chi connectivity index (χ1n) is 20.0. The summed E-state index contributed by atoms with van der Waals surface area (Å²) in [5.74, 6) is 0.256. The van der Waals surface area contributed by atoms with Gasteiger partial charge in [-0.3, -0.25) is 9.59 Å². The largest absolute Gasteiger partial charge is 0.392 e. The summed E-state index contributed by atoms with van der Waals surface area (Å²) < 4.78 is 8.91. The second-order valence-electron chi connectivity index (χ2n) is 19.7. The van der Waals surface area contributed by atoms with Crippen LogP contribution in [0.2, 0.25) is 0 Å². The van der Waals surface area contributed by atoms with Gasteiger partial charge >= 0.3 is 0 Å². The minimum absolute atomic E-state index is 0.0356. The molecule has 0 spiro atoms. The Morgan fingerprint density at radius 3 is 2.43 bits per heavy atom. The lowest BCUT2D eigenvalue weighted by Crippen LogP contribution is -2.62. The van der Waals surface area contributed by atoms with Crippen LogP contribution in [0.25, 0.3) is 16.5 Å². The number of ether oxygens (including phenoxy) is 1. The van der Waals surface area contributed by atoms with Gasteiger partial charge in [-0.2, -0.15) is 0 Å². The number of carbonyl (C=O) groups is 2. The highest BCUT2D eigenvalue weighted by atomic mass is 16.5. The van der Waals surface area contributed by atoms with Gasteiger partial charge in [-0.25, -0.2) is 0 Å². The van der Waals surface area contributed by atoms with E-state index in [0.717, 1.165) is 58.9 Å². The average molecular weight is 721 g/mol. The number of rotatable bonds is 5. The number of Topliss-reactive ketones (excluding diaryl/α,β-unsaturated/α-hetero) is 1. The molecule has 3 N–H and O–H groups in total. The maximum atomic E-state index is 14.9. The standard InChI is InChI=1S/C46H60N2O5/c1-23(2)36-39(51)34-33-27(30-22-42(6,7)53-43(8,9)35(30)38(33)50)21-28-29-20-26-15-16-31-44(10,18-13-14-25(5)41(52)47-24(3)4)32(49)17-19-45(31,11)46(26,12)40(29)48(36)37(28)34/h13-14,18,21-22,24,26,31-32,35-36,38,49-50H,1,15-17,19-20H2,2-12H3,(H,47,52)/b18-13+,25-14+/t26-,31-,32-,35+,36-,38+,44-,45-,46+/m0/s1. The third-order valence-corrected chi connectivity index (χ3v) is 15.2. The molecule has 3 heterocycles. The van der Waals surface area contributed by atoms with Crippen LogP contribution in [0, 0.1) is 28.6 Å². The Labute approximate surface area is 315 Å². The number of nitrogens with one attached hydrogen (secondary N) is 1. The average Bonchev–Trinajstić information content (AvgIpc) is 3.71. The Bertz CT molecular complexity index is 2090. The van der Waals surface area contributed by atoms with Crippen molar-refractivity contribution in [3.8, 4) is 0 Å². The number of aliphatic hydroxyl groups is 2. The quantitative estimate of drug-likeness (QED) is 0.163. The molecule has 284 valence electrons. The molecule has 0 bridgehead atoms. The Hall–Kier alpha value is -3.26. The minimum Gasteiger partial charge on any atom is -0.392 e. The van der Waals surface area contributed by atoms with E-state index < -0.39 is 34.9 Å². The Morgan fingerprint density at radius 2 is 1.77 bits per heavy atom. The summed E-state index contributed by atoms with van der Waals surface area (Å²) in [6.45, 7) is 27.5. The summed E-state index contributed by atoms with van der Waals surface area (Å²) in [7, 11) is 0. The maximum Gasteiger partial charge on any atom is 0.247 e. The van der Waals surface area contributed by atoms with E-state index in [4.69, 9.17) is 4.74 Å². The van der Waals surface area contributed by atoms with E-state index in [1.165, 1.54) is 11.3 Å². The first-order chi connectivity index (χ1) is 24.6. The monoisotopic (exact) mass is 720 g/mol. The van der Waals surface area contributed by atoms with E-state index in [1.54, 1.807) is 0 Å². The Kier molecular flexibility index (Phi) is 7.89. The molecule has 1 amide bonds. The van der Waals surface area contributed by atoms with Gasteiger partial charge in [0, 0.05) is 45.0 Å². The highest BCUT2D eigenvalue weighted by molar-refractivity contribution is 6.18. The van der Waals surface area contributed by atoms with Crippen molar-refractivity contribution in [2.24, 2.45) is 28.6 Å². The normalized spacial score (nSPS) is 37.7. The molecule has 9 atom stereocenters. The minimum atomic E-state index is -0.853. The van der Waals surface area contributed by atoms with Crippen LogP contribution in [0.15, 0.2) is 48.1 Å². The molecule has 2 aliphatic heterocycles. The third-order valence-electron chi connectivity index (χ3n) is 15.2. The first-order valence-corrected chi connectivity index (χ1v) is 20.0. The molecule has 6 aliphatic rings. The van der Waals surface area contributed by atoms with Crippen LogP contribution in [0.4, 0.5) is 0 Å². The predicted octanol–water partition coefficient (Wildman–Crippen LogP) is 8.62. The summed E-state index contributed by atoms with van der Waals surface area (Å²) in [5.41, 5.74) is 6.45. The molecule has 0 saturated heterocycles. The maximum absolute atomic E-state index is 14.9. The lowest BCUT2D eigenvalue weighted by molar-refractivity contribution is -0.144. The molecule has 53 heavy (non-hydrogen) atoms. The molecule has 7 nitrogen and oxygen atoms in total. The zero-order valence-electron chi connectivity index (χ0n) is 33.7. The van der Waals surface area contributed by atoms with E-state index in [9.17, 15) is 19.8 Å². The molecular formula is C46H60N2O5. The van der Waals surface area contributed by atoms with Gasteiger partial charge in [-0.1, -0.05) is 51.2 Å². The van der Waals surface area contributed by atoms with Crippen molar-refractivity contribution in [1.29, 1.82) is 0 Å². The predicted molar refractivity (Wildman–Crippen MR) is 211 cm³/mol. The zero-order valence-corrected chi connectivity index (χ0v) is 33.7. The molecule has 2 aromatic rings. The number of allylic oxidation sites excluding steroid dienone is 3. The fourth-order valence-corrected chi connectivity index (χ4v) is 13.0. The number of ketones is 1. The fourth-order valence-electron chi connectivity index (χ4n) is 13.0. The van der Waals surface area contributed by atoms with Crippen molar-refractivity contribution >= 4 is 28.2 Å². The second-order valence-corrected chi connectivity index (χ2v) is 19.7. The van der Waals surface area contributed by atoms with Crippen molar-refractivity contribution in [2.45, 2.75) is 149 Å². The Balaban J connectivity index is 1.31. The number of benzene rings is 1. The first kappa shape index (κ1) is 36.7. The van der Waals surface area contributed by atoms with Gasteiger partial charge in [-0.15, -0.1) is 0 Å². The molecule has 0 unspecified atom stereocenters. The lowest BCUT2D eigenvalue weighted by Gasteiger charge is -2.64. The van der Waals surface area contributed by atoms with Gasteiger partial charge < -0.3 is 24.8 Å². The van der Waals surface area contributed by atoms with Crippen molar-refractivity contribution in [3.05, 3.63) is 76.0 Å². The van der Waals surface area contributed by atoms with Gasteiger partial charge in [0.15, 0.2) is 5.78 Å². The number of aromatic nitrogens is 1. The van der Waals surface area contributed by atoms with Crippen LogP contribution < -0.4 is 5.32 Å². The van der Waals surface area contributed by atoms with Gasteiger partial charge in [-0.05, 0) is 134 Å². The van der Waals surface area contributed by atoms with Gasteiger partial charge in [0.1, 0.15) is 6.04 Å². The number of amides is 1. The summed E-state index contributed by atoms with van der Waals surface area (Å²) in [5, 5.41) is 28.1. The molecule has 0 radical (unpaired) electrons. The second kappa shape index (κ2) is 11.4. The SMILES string of the molecule is C=C(C)[C@H]1C(=O)c2c3c(cc4c5c(n1c24)[C@@]1(C)[C@@H](CC[C@H]2[C@](C)(/C=C/C=C(\C)C(=O)NC(C)C)[C@@H](O)CC[C@@]21C)C5)C1=CC(C)(C)OC(C)(C)[C@H]1[C@@H]3O. The Morgan fingerprint density at radius 1 is 1.08 bits per heavy atom. The van der Waals surface area contributed by atoms with Crippen LogP contribution in [0.3, 0.4) is 0 Å². The molecule has 1 aromatic heterocycles. The van der Waals surface area contributed by atoms with E-state index in [1.807, 2.05) is 39.8 Å². The van der Waals surface area contributed by atoms with Gasteiger partial charge in [0.2, 0.25) is 5.91 Å². The molecule has 2 fully saturated rings. The molecule has 7 heteroatoms. The van der Waals surface area contributed by atoms with Crippen molar-refractivity contribution in [1.82, 2.24) is 9.88 Å². The number of hydrogen-bond donors (Lipinski definition) is 3. The molecule has 2 saturated carbocycles. The van der Waals surface area contributed by atoms with Crippen LogP contribution in [0.5, 0.6) is 0 Å².